The molecule has 112 valence electrons. The van der Waals surface area contributed by atoms with Crippen molar-refractivity contribution in [3.8, 4) is 11.1 Å². The first-order chi connectivity index (χ1) is 10.5. The minimum absolute atomic E-state index is 0.457. The lowest BCUT2D eigenvalue weighted by atomic mass is 10.0. The summed E-state index contributed by atoms with van der Waals surface area (Å²) in [6.07, 6.45) is 0.940. The number of fused-ring (bicyclic) bond motifs is 1. The van der Waals surface area contributed by atoms with Gasteiger partial charge in [-0.25, -0.2) is 0 Å². The summed E-state index contributed by atoms with van der Waals surface area (Å²) in [6.45, 7) is 2.11. The fraction of sp³-hybridized carbons (Fsp3) is 0.167. The standard InChI is InChI=1S/C18H15Cl2NO/c1-3-11-4-9-15-14(10-11)16(17(18(20)22)21(15)2)12-5-7-13(19)8-6-12/h4-10H,3H2,1-2H3. The lowest BCUT2D eigenvalue weighted by Crippen LogP contribution is -2.01. The Balaban J connectivity index is 2.41. The maximum atomic E-state index is 12.0. The molecule has 0 unspecified atom stereocenters. The van der Waals surface area contributed by atoms with Gasteiger partial charge in [0.2, 0.25) is 0 Å². The van der Waals surface area contributed by atoms with E-state index in [0.29, 0.717) is 10.7 Å². The molecule has 2 aromatic carbocycles. The predicted octanol–water partition coefficient (Wildman–Crippen LogP) is 5.44. The summed E-state index contributed by atoms with van der Waals surface area (Å²) in [4.78, 5) is 12.0. The summed E-state index contributed by atoms with van der Waals surface area (Å²) in [5, 5.41) is 1.24. The Morgan fingerprint density at radius 1 is 1.14 bits per heavy atom. The van der Waals surface area contributed by atoms with Gasteiger partial charge in [-0.3, -0.25) is 4.79 Å². The summed E-state index contributed by atoms with van der Waals surface area (Å²) < 4.78 is 1.86. The number of carbonyl (C=O) groups excluding carboxylic acids is 1. The molecular formula is C18H15Cl2NO. The molecule has 3 rings (SSSR count). The zero-order valence-corrected chi connectivity index (χ0v) is 13.9. The van der Waals surface area contributed by atoms with Crippen LogP contribution in [-0.2, 0) is 13.5 Å². The van der Waals surface area contributed by atoms with Gasteiger partial charge in [-0.15, -0.1) is 0 Å². The van der Waals surface area contributed by atoms with Crippen molar-refractivity contribution in [3.05, 3.63) is 58.7 Å². The van der Waals surface area contributed by atoms with E-state index in [1.54, 1.807) is 0 Å². The molecule has 0 spiro atoms. The van der Waals surface area contributed by atoms with Crippen molar-refractivity contribution in [2.24, 2.45) is 7.05 Å². The van der Waals surface area contributed by atoms with E-state index in [1.165, 1.54) is 5.56 Å². The van der Waals surface area contributed by atoms with Crippen LogP contribution >= 0.6 is 23.2 Å². The molecule has 0 aliphatic heterocycles. The molecule has 3 aromatic rings. The van der Waals surface area contributed by atoms with E-state index < -0.39 is 5.24 Å². The van der Waals surface area contributed by atoms with Crippen molar-refractivity contribution in [1.29, 1.82) is 0 Å². The van der Waals surface area contributed by atoms with Crippen LogP contribution in [0.3, 0.4) is 0 Å². The third-order valence-electron chi connectivity index (χ3n) is 3.99. The van der Waals surface area contributed by atoms with E-state index in [1.807, 2.05) is 41.9 Å². The highest BCUT2D eigenvalue weighted by atomic mass is 35.5. The number of aromatic nitrogens is 1. The van der Waals surface area contributed by atoms with Crippen LogP contribution in [-0.4, -0.2) is 9.81 Å². The highest BCUT2D eigenvalue weighted by Crippen LogP contribution is 2.36. The van der Waals surface area contributed by atoms with Gasteiger partial charge < -0.3 is 4.57 Å². The summed E-state index contributed by atoms with van der Waals surface area (Å²) in [5.74, 6) is 0. The van der Waals surface area contributed by atoms with Crippen molar-refractivity contribution in [1.82, 2.24) is 4.57 Å². The van der Waals surface area contributed by atoms with Crippen LogP contribution in [0.25, 0.3) is 22.0 Å². The van der Waals surface area contributed by atoms with Crippen LogP contribution in [0.15, 0.2) is 42.5 Å². The Bertz CT molecular complexity index is 863. The van der Waals surface area contributed by atoms with Crippen LogP contribution in [0.4, 0.5) is 0 Å². The molecule has 0 atom stereocenters. The smallest absolute Gasteiger partial charge is 0.269 e. The Labute approximate surface area is 139 Å². The Hall–Kier alpha value is -1.77. The van der Waals surface area contributed by atoms with E-state index >= 15 is 0 Å². The fourth-order valence-electron chi connectivity index (χ4n) is 2.85. The van der Waals surface area contributed by atoms with E-state index in [9.17, 15) is 4.79 Å². The van der Waals surface area contributed by atoms with Crippen LogP contribution in [0.5, 0.6) is 0 Å². The molecule has 1 heterocycles. The van der Waals surface area contributed by atoms with Crippen molar-refractivity contribution in [3.63, 3.8) is 0 Å². The third-order valence-corrected chi connectivity index (χ3v) is 4.42. The molecule has 0 amide bonds. The van der Waals surface area contributed by atoms with Crippen molar-refractivity contribution < 1.29 is 4.79 Å². The number of carbonyl (C=O) groups is 1. The summed E-state index contributed by atoms with van der Waals surface area (Å²) >= 11 is 11.8. The second kappa shape index (κ2) is 5.79. The second-order valence-electron chi connectivity index (χ2n) is 5.27. The number of aryl methyl sites for hydroxylation is 2. The van der Waals surface area contributed by atoms with Crippen LogP contribution in [0.1, 0.15) is 23.0 Å². The molecule has 0 bridgehead atoms. The number of hydrogen-bond donors (Lipinski definition) is 0. The maximum absolute atomic E-state index is 12.0. The molecule has 0 aliphatic rings. The van der Waals surface area contributed by atoms with Crippen LogP contribution in [0.2, 0.25) is 5.02 Å². The summed E-state index contributed by atoms with van der Waals surface area (Å²) in [7, 11) is 1.86. The van der Waals surface area contributed by atoms with Gasteiger partial charge in [0.1, 0.15) is 5.69 Å². The number of benzene rings is 2. The van der Waals surface area contributed by atoms with Crippen LogP contribution < -0.4 is 0 Å². The molecular weight excluding hydrogens is 317 g/mol. The minimum atomic E-state index is -0.457. The van der Waals surface area contributed by atoms with Crippen LogP contribution in [0, 0.1) is 0 Å². The lowest BCUT2D eigenvalue weighted by Gasteiger charge is -2.04. The molecule has 0 N–H and O–H groups in total. The van der Waals surface area contributed by atoms with Crippen molar-refractivity contribution >= 4 is 39.3 Å². The zero-order valence-electron chi connectivity index (χ0n) is 12.4. The molecule has 2 nitrogen and oxygen atoms in total. The van der Waals surface area contributed by atoms with E-state index in [4.69, 9.17) is 23.2 Å². The van der Waals surface area contributed by atoms with Gasteiger partial charge in [0, 0.05) is 28.5 Å². The minimum Gasteiger partial charge on any atom is -0.340 e. The largest absolute Gasteiger partial charge is 0.340 e. The van der Waals surface area contributed by atoms with Gasteiger partial charge in [0.15, 0.2) is 0 Å². The molecule has 0 aliphatic carbocycles. The number of halogens is 2. The van der Waals surface area contributed by atoms with Gasteiger partial charge in [0.05, 0.1) is 0 Å². The average molecular weight is 332 g/mol. The number of nitrogens with zero attached hydrogens (tertiary/aromatic N) is 1. The Morgan fingerprint density at radius 3 is 2.41 bits per heavy atom. The number of rotatable bonds is 3. The quantitative estimate of drug-likeness (QED) is 0.585. The van der Waals surface area contributed by atoms with Gasteiger partial charge in [-0.05, 0) is 53.4 Å². The monoisotopic (exact) mass is 331 g/mol. The average Bonchev–Trinajstić information content (AvgIpc) is 2.80. The van der Waals surface area contributed by atoms with Gasteiger partial charge in [-0.2, -0.15) is 0 Å². The topological polar surface area (TPSA) is 22.0 Å². The Morgan fingerprint density at radius 2 is 1.82 bits per heavy atom. The van der Waals surface area contributed by atoms with Crippen molar-refractivity contribution in [2.75, 3.05) is 0 Å². The molecule has 0 radical (unpaired) electrons. The summed E-state index contributed by atoms with van der Waals surface area (Å²) in [5.41, 5.74) is 4.52. The van der Waals surface area contributed by atoms with Gasteiger partial charge in [0.25, 0.3) is 5.24 Å². The predicted molar refractivity (Wildman–Crippen MR) is 92.9 cm³/mol. The molecule has 1 aromatic heterocycles. The first-order valence-electron chi connectivity index (χ1n) is 7.10. The first kappa shape index (κ1) is 15.1. The zero-order chi connectivity index (χ0) is 15.9. The summed E-state index contributed by atoms with van der Waals surface area (Å²) in [6, 6.07) is 13.7. The first-order valence-corrected chi connectivity index (χ1v) is 7.85. The maximum Gasteiger partial charge on any atom is 0.269 e. The van der Waals surface area contributed by atoms with E-state index in [-0.39, 0.29) is 0 Å². The fourth-order valence-corrected chi connectivity index (χ4v) is 3.20. The van der Waals surface area contributed by atoms with E-state index in [0.717, 1.165) is 28.5 Å². The molecule has 0 fully saturated rings. The lowest BCUT2D eigenvalue weighted by molar-refractivity contribution is 0.107. The second-order valence-corrected chi connectivity index (χ2v) is 6.05. The Kier molecular flexibility index (Phi) is 3.98. The molecule has 0 saturated carbocycles. The third kappa shape index (κ3) is 2.43. The SMILES string of the molecule is CCc1ccc2c(c1)c(-c1ccc(Cl)cc1)c(C(=O)Cl)n2C. The highest BCUT2D eigenvalue weighted by molar-refractivity contribution is 6.68. The van der Waals surface area contributed by atoms with Crippen molar-refractivity contribution in [2.45, 2.75) is 13.3 Å². The normalized spacial score (nSPS) is 11.1. The van der Waals surface area contributed by atoms with E-state index in [2.05, 4.69) is 19.1 Å². The highest BCUT2D eigenvalue weighted by Gasteiger charge is 2.21. The molecule has 0 saturated heterocycles. The molecule has 22 heavy (non-hydrogen) atoms. The van der Waals surface area contributed by atoms with Gasteiger partial charge >= 0.3 is 0 Å². The number of hydrogen-bond acceptors (Lipinski definition) is 1. The molecule has 4 heteroatoms. The van der Waals surface area contributed by atoms with Gasteiger partial charge in [-0.1, -0.05) is 36.7 Å².